The molecule has 5 nitrogen and oxygen atoms in total. The Morgan fingerprint density at radius 1 is 0.676 bits per heavy atom. The number of hydrogen-bond acceptors (Lipinski definition) is 3. The lowest BCUT2D eigenvalue weighted by Crippen LogP contribution is -2.13. The monoisotopic (exact) mass is 447 g/mol. The van der Waals surface area contributed by atoms with Crippen molar-refractivity contribution in [1.82, 2.24) is 0 Å². The molecule has 0 aliphatic rings. The summed E-state index contributed by atoms with van der Waals surface area (Å²) in [6, 6.07) is 29.6. The van der Waals surface area contributed by atoms with Gasteiger partial charge in [-0.05, 0) is 47.0 Å². The number of carboxylic acid groups (broad SMARTS) is 1. The van der Waals surface area contributed by atoms with E-state index in [4.69, 9.17) is 0 Å². The van der Waals surface area contributed by atoms with Crippen molar-refractivity contribution < 1.29 is 19.5 Å². The summed E-state index contributed by atoms with van der Waals surface area (Å²) >= 11 is 0. The third-order valence-corrected chi connectivity index (χ3v) is 5.25. The molecule has 1 amide bonds. The first-order valence-corrected chi connectivity index (χ1v) is 10.6. The smallest absolute Gasteiger partial charge is 0.336 e. The molecule has 0 atom stereocenters. The number of carbonyl (C=O) groups excluding carboxylic acids is 2. The van der Waals surface area contributed by atoms with E-state index < -0.39 is 5.97 Å². The predicted octanol–water partition coefficient (Wildman–Crippen LogP) is 6.20. The summed E-state index contributed by atoms with van der Waals surface area (Å²) in [4.78, 5) is 37.1. The number of amides is 1. The molecule has 0 spiro atoms. The number of nitrogens with one attached hydrogen (secondary N) is 1. The number of carboxylic acids is 1. The van der Waals surface area contributed by atoms with Gasteiger partial charge in [0.15, 0.2) is 5.78 Å². The van der Waals surface area contributed by atoms with Gasteiger partial charge in [-0.3, -0.25) is 9.59 Å². The van der Waals surface area contributed by atoms with Gasteiger partial charge in [-0.15, -0.1) is 0 Å². The summed E-state index contributed by atoms with van der Waals surface area (Å²) in [5.41, 5.74) is 3.39. The minimum atomic E-state index is -1.06. The molecule has 0 heterocycles. The largest absolute Gasteiger partial charge is 0.478 e. The van der Waals surface area contributed by atoms with Crippen molar-refractivity contribution in [3.05, 3.63) is 131 Å². The quantitative estimate of drug-likeness (QED) is 0.261. The number of ketones is 1. The van der Waals surface area contributed by atoms with Gasteiger partial charge in [-0.25, -0.2) is 4.79 Å². The first-order valence-electron chi connectivity index (χ1n) is 10.6. The van der Waals surface area contributed by atoms with Gasteiger partial charge in [0.2, 0.25) is 0 Å². The van der Waals surface area contributed by atoms with Crippen LogP contribution in [-0.2, 0) is 0 Å². The standard InChI is InChI=1S/C29H21NO4/c31-27(21-10-2-1-3-11-21)18-17-20-9-8-12-22(19-20)30-28(32)25-15-6-4-13-23(25)24-14-5-7-16-26(24)29(33)34/h1-19H,(H,30,32)(H,33,34). The van der Waals surface area contributed by atoms with E-state index in [2.05, 4.69) is 5.32 Å². The van der Waals surface area contributed by atoms with E-state index in [1.165, 1.54) is 12.1 Å². The summed E-state index contributed by atoms with van der Waals surface area (Å²) < 4.78 is 0. The lowest BCUT2D eigenvalue weighted by molar-refractivity contribution is 0.0697. The third-order valence-electron chi connectivity index (χ3n) is 5.25. The van der Waals surface area contributed by atoms with Crippen LogP contribution in [0, 0.1) is 0 Å². The zero-order valence-electron chi connectivity index (χ0n) is 18.1. The highest BCUT2D eigenvalue weighted by Crippen LogP contribution is 2.28. The Labute approximate surface area is 197 Å². The van der Waals surface area contributed by atoms with Crippen LogP contribution in [0.25, 0.3) is 17.2 Å². The summed E-state index contributed by atoms with van der Waals surface area (Å²) in [6.45, 7) is 0. The van der Waals surface area contributed by atoms with Crippen LogP contribution >= 0.6 is 0 Å². The van der Waals surface area contributed by atoms with E-state index >= 15 is 0 Å². The minimum absolute atomic E-state index is 0.110. The highest BCUT2D eigenvalue weighted by atomic mass is 16.4. The van der Waals surface area contributed by atoms with E-state index in [1.54, 1.807) is 78.9 Å². The molecule has 0 bridgehead atoms. The fourth-order valence-corrected chi connectivity index (χ4v) is 3.61. The van der Waals surface area contributed by atoms with Crippen LogP contribution in [0.15, 0.2) is 109 Å². The number of hydrogen-bond donors (Lipinski definition) is 2. The van der Waals surface area contributed by atoms with Gasteiger partial charge < -0.3 is 10.4 Å². The van der Waals surface area contributed by atoms with E-state index in [0.29, 0.717) is 27.9 Å². The molecule has 166 valence electrons. The maximum Gasteiger partial charge on any atom is 0.336 e. The Morgan fingerprint density at radius 3 is 2.00 bits per heavy atom. The fraction of sp³-hybridized carbons (Fsp3) is 0. The zero-order chi connectivity index (χ0) is 23.9. The van der Waals surface area contributed by atoms with Gasteiger partial charge in [0.05, 0.1) is 5.56 Å². The van der Waals surface area contributed by atoms with Crippen LogP contribution in [0.5, 0.6) is 0 Å². The van der Waals surface area contributed by atoms with Crippen LogP contribution in [0.2, 0.25) is 0 Å². The maximum absolute atomic E-state index is 13.1. The summed E-state index contributed by atoms with van der Waals surface area (Å²) in [6.07, 6.45) is 3.19. The molecule has 5 heteroatoms. The van der Waals surface area contributed by atoms with Crippen molar-refractivity contribution in [3.8, 4) is 11.1 Å². The molecule has 4 rings (SSSR count). The molecule has 4 aromatic carbocycles. The topological polar surface area (TPSA) is 83.5 Å². The molecule has 0 radical (unpaired) electrons. The second-order valence-electron chi connectivity index (χ2n) is 7.54. The minimum Gasteiger partial charge on any atom is -0.478 e. The van der Waals surface area contributed by atoms with E-state index in [9.17, 15) is 19.5 Å². The molecule has 0 aliphatic heterocycles. The van der Waals surface area contributed by atoms with Gasteiger partial charge in [-0.1, -0.05) is 84.9 Å². The SMILES string of the molecule is O=C(C=Cc1cccc(NC(=O)c2ccccc2-c2ccccc2C(=O)O)c1)c1ccccc1. The van der Waals surface area contributed by atoms with Crippen LogP contribution in [0.1, 0.15) is 36.6 Å². The molecule has 34 heavy (non-hydrogen) atoms. The molecule has 0 aliphatic carbocycles. The zero-order valence-corrected chi connectivity index (χ0v) is 18.1. The number of rotatable bonds is 7. The normalized spacial score (nSPS) is 10.7. The molecule has 2 N–H and O–H groups in total. The Morgan fingerprint density at radius 2 is 1.29 bits per heavy atom. The second-order valence-corrected chi connectivity index (χ2v) is 7.54. The van der Waals surface area contributed by atoms with Crippen LogP contribution in [0.3, 0.4) is 0 Å². The molecular weight excluding hydrogens is 426 g/mol. The Bertz CT molecular complexity index is 1390. The highest BCUT2D eigenvalue weighted by Gasteiger charge is 2.17. The van der Waals surface area contributed by atoms with E-state index in [-0.39, 0.29) is 17.3 Å². The van der Waals surface area contributed by atoms with Crippen molar-refractivity contribution in [2.24, 2.45) is 0 Å². The number of aromatic carboxylic acids is 1. The lowest BCUT2D eigenvalue weighted by Gasteiger charge is -2.12. The van der Waals surface area contributed by atoms with E-state index in [0.717, 1.165) is 5.56 Å². The first kappa shape index (κ1) is 22.4. The second kappa shape index (κ2) is 10.2. The third kappa shape index (κ3) is 5.16. The lowest BCUT2D eigenvalue weighted by atomic mass is 9.95. The van der Waals surface area contributed by atoms with Gasteiger partial charge in [0.1, 0.15) is 0 Å². The van der Waals surface area contributed by atoms with Gasteiger partial charge >= 0.3 is 5.97 Å². The molecule has 0 saturated carbocycles. The van der Waals surface area contributed by atoms with Gasteiger partial charge in [0, 0.05) is 16.8 Å². The molecular formula is C29H21NO4. The van der Waals surface area contributed by atoms with Crippen LogP contribution in [-0.4, -0.2) is 22.8 Å². The summed E-state index contributed by atoms with van der Waals surface area (Å²) in [7, 11) is 0. The van der Waals surface area contributed by atoms with Crippen molar-refractivity contribution in [2.75, 3.05) is 5.32 Å². The van der Waals surface area contributed by atoms with Gasteiger partial charge in [0.25, 0.3) is 5.91 Å². The number of anilines is 1. The Hall–Kier alpha value is -4.77. The summed E-state index contributed by atoms with van der Waals surface area (Å²) in [5.74, 6) is -1.53. The number of allylic oxidation sites excluding steroid dienone is 1. The first-order chi connectivity index (χ1) is 16.5. The molecule has 0 unspecified atom stereocenters. The molecule has 0 fully saturated rings. The molecule has 4 aromatic rings. The average molecular weight is 447 g/mol. The Balaban J connectivity index is 1.57. The predicted molar refractivity (Wildman–Crippen MR) is 133 cm³/mol. The average Bonchev–Trinajstić information content (AvgIpc) is 2.88. The van der Waals surface area contributed by atoms with Crippen molar-refractivity contribution in [1.29, 1.82) is 0 Å². The Kier molecular flexibility index (Phi) is 6.75. The highest BCUT2D eigenvalue weighted by molar-refractivity contribution is 6.10. The van der Waals surface area contributed by atoms with Crippen LogP contribution < -0.4 is 5.32 Å². The van der Waals surface area contributed by atoms with Crippen molar-refractivity contribution in [2.45, 2.75) is 0 Å². The molecule has 0 aromatic heterocycles. The maximum atomic E-state index is 13.1. The van der Waals surface area contributed by atoms with E-state index in [1.807, 2.05) is 24.3 Å². The van der Waals surface area contributed by atoms with Crippen LogP contribution in [0.4, 0.5) is 5.69 Å². The summed E-state index contributed by atoms with van der Waals surface area (Å²) in [5, 5.41) is 12.4. The number of carbonyl (C=O) groups is 3. The fourth-order valence-electron chi connectivity index (χ4n) is 3.61. The molecule has 0 saturated heterocycles. The van der Waals surface area contributed by atoms with Gasteiger partial charge in [-0.2, -0.15) is 0 Å². The van der Waals surface area contributed by atoms with Crippen molar-refractivity contribution in [3.63, 3.8) is 0 Å². The van der Waals surface area contributed by atoms with Crippen molar-refractivity contribution >= 4 is 29.4 Å². The number of benzene rings is 4.